The van der Waals surface area contributed by atoms with Gasteiger partial charge in [0.15, 0.2) is 0 Å². The summed E-state index contributed by atoms with van der Waals surface area (Å²) in [5.41, 5.74) is 4.80. The van der Waals surface area contributed by atoms with Crippen LogP contribution in [0.2, 0.25) is 0 Å². The smallest absolute Gasteiger partial charge is 0.251 e. The van der Waals surface area contributed by atoms with Gasteiger partial charge in [-0.25, -0.2) is 0 Å². The quantitative estimate of drug-likeness (QED) is 0.782. The van der Waals surface area contributed by atoms with Gasteiger partial charge >= 0.3 is 0 Å². The molecule has 6 rings (SSSR count). The minimum absolute atomic E-state index is 0.0400. The maximum Gasteiger partial charge on any atom is 0.251 e. The molecule has 5 heteroatoms. The average Bonchev–Trinajstić information content (AvgIpc) is 3.21. The molecule has 2 aromatic rings. The standard InChI is InChI=1S/C26H34N4O/c1-28(2)23-9-7-20(8-10-23)26(31)27-16-24-15-21-12-13-29(24)17-22(21)18-30-14-11-19-5-3-4-6-25(19)30/h3-10,21-22,24H,11-18H2,1-2H3,(H,27,31). The molecule has 5 nitrogen and oxygen atoms in total. The Morgan fingerprint density at radius 1 is 1.10 bits per heavy atom. The maximum atomic E-state index is 12.6. The number of hydrogen-bond donors (Lipinski definition) is 1. The molecule has 4 aliphatic heterocycles. The van der Waals surface area contributed by atoms with Crippen LogP contribution in [-0.4, -0.2) is 63.7 Å². The van der Waals surface area contributed by atoms with E-state index >= 15 is 0 Å². The van der Waals surface area contributed by atoms with Crippen molar-refractivity contribution in [2.45, 2.75) is 25.3 Å². The molecule has 0 radical (unpaired) electrons. The van der Waals surface area contributed by atoms with Crippen molar-refractivity contribution in [3.8, 4) is 0 Å². The molecule has 3 fully saturated rings. The molecule has 4 unspecified atom stereocenters. The number of amides is 1. The lowest BCUT2D eigenvalue weighted by Crippen LogP contribution is -2.58. The van der Waals surface area contributed by atoms with Crippen molar-refractivity contribution in [3.63, 3.8) is 0 Å². The molecule has 0 spiro atoms. The van der Waals surface area contributed by atoms with Crippen LogP contribution < -0.4 is 15.1 Å². The third-order valence-electron chi connectivity index (χ3n) is 7.60. The van der Waals surface area contributed by atoms with Gasteiger partial charge in [0.05, 0.1) is 0 Å². The van der Waals surface area contributed by atoms with E-state index in [2.05, 4.69) is 39.4 Å². The van der Waals surface area contributed by atoms with Crippen molar-refractivity contribution in [2.24, 2.45) is 11.8 Å². The lowest BCUT2D eigenvalue weighted by molar-refractivity contribution is 0.00495. The van der Waals surface area contributed by atoms with E-state index in [9.17, 15) is 4.79 Å². The molecular weight excluding hydrogens is 384 g/mol. The van der Waals surface area contributed by atoms with Gasteiger partial charge in [-0.2, -0.15) is 0 Å². The number of nitrogens with one attached hydrogen (secondary N) is 1. The molecule has 0 aliphatic carbocycles. The molecule has 2 aromatic carbocycles. The van der Waals surface area contributed by atoms with Gasteiger partial charge in [-0.3, -0.25) is 9.69 Å². The number of piperidine rings is 3. The Morgan fingerprint density at radius 2 is 1.90 bits per heavy atom. The monoisotopic (exact) mass is 418 g/mol. The SMILES string of the molecule is CN(C)c1ccc(C(=O)NCC2CC3CCN2CC3CN2CCc3ccccc32)cc1. The van der Waals surface area contributed by atoms with Crippen LogP contribution in [0.5, 0.6) is 0 Å². The van der Waals surface area contributed by atoms with Gasteiger partial charge < -0.3 is 15.1 Å². The molecule has 2 bridgehead atoms. The van der Waals surface area contributed by atoms with Gasteiger partial charge in [-0.15, -0.1) is 0 Å². The number of fused-ring (bicyclic) bond motifs is 4. The fourth-order valence-corrected chi connectivity index (χ4v) is 5.77. The minimum atomic E-state index is 0.0400. The Labute approximate surface area is 186 Å². The summed E-state index contributed by atoms with van der Waals surface area (Å²) in [4.78, 5) is 19.9. The molecule has 31 heavy (non-hydrogen) atoms. The van der Waals surface area contributed by atoms with Crippen molar-refractivity contribution in [3.05, 3.63) is 59.7 Å². The van der Waals surface area contributed by atoms with Crippen LogP contribution in [-0.2, 0) is 6.42 Å². The topological polar surface area (TPSA) is 38.8 Å². The summed E-state index contributed by atoms with van der Waals surface area (Å²) < 4.78 is 0. The molecule has 4 aliphatic rings. The zero-order chi connectivity index (χ0) is 21.4. The Kier molecular flexibility index (Phi) is 5.61. The Hall–Kier alpha value is -2.53. The molecule has 0 saturated carbocycles. The lowest BCUT2D eigenvalue weighted by Gasteiger charge is -2.51. The number of hydrogen-bond acceptors (Lipinski definition) is 4. The van der Waals surface area contributed by atoms with Gasteiger partial charge in [-0.05, 0) is 73.5 Å². The summed E-state index contributed by atoms with van der Waals surface area (Å²) in [5, 5.41) is 3.20. The Balaban J connectivity index is 1.15. The summed E-state index contributed by atoms with van der Waals surface area (Å²) in [6.07, 6.45) is 3.69. The van der Waals surface area contributed by atoms with Crippen molar-refractivity contribution >= 4 is 17.3 Å². The Bertz CT molecular complexity index is 925. The number of carbonyl (C=O) groups is 1. The summed E-state index contributed by atoms with van der Waals surface area (Å²) >= 11 is 0. The summed E-state index contributed by atoms with van der Waals surface area (Å²) in [5.74, 6) is 1.56. The zero-order valence-electron chi connectivity index (χ0n) is 18.8. The predicted molar refractivity (Wildman–Crippen MR) is 127 cm³/mol. The third kappa shape index (κ3) is 4.16. The second kappa shape index (κ2) is 8.54. The number of rotatable bonds is 6. The van der Waals surface area contributed by atoms with Gasteiger partial charge in [0, 0.05) is 63.3 Å². The molecule has 1 N–H and O–H groups in total. The second-order valence-electron chi connectivity index (χ2n) is 9.67. The predicted octanol–water partition coefficient (Wildman–Crippen LogP) is 3.26. The maximum absolute atomic E-state index is 12.6. The summed E-state index contributed by atoms with van der Waals surface area (Å²) in [6, 6.07) is 17.2. The van der Waals surface area contributed by atoms with Crippen LogP contribution in [0.15, 0.2) is 48.5 Å². The normalized spacial score (nSPS) is 26.6. The number of carbonyl (C=O) groups excluding carboxylic acids is 1. The first-order valence-corrected chi connectivity index (χ1v) is 11.7. The highest BCUT2D eigenvalue weighted by Gasteiger charge is 2.41. The van der Waals surface area contributed by atoms with E-state index in [1.807, 2.05) is 43.3 Å². The van der Waals surface area contributed by atoms with Crippen molar-refractivity contribution < 1.29 is 4.79 Å². The van der Waals surface area contributed by atoms with Crippen LogP contribution >= 0.6 is 0 Å². The highest BCUT2D eigenvalue weighted by Crippen LogP contribution is 2.38. The van der Waals surface area contributed by atoms with Crippen molar-refractivity contribution in [1.82, 2.24) is 10.2 Å². The molecule has 3 saturated heterocycles. The van der Waals surface area contributed by atoms with Crippen molar-refractivity contribution in [2.75, 3.05) is 56.6 Å². The van der Waals surface area contributed by atoms with Crippen LogP contribution in [0.3, 0.4) is 0 Å². The molecule has 0 aromatic heterocycles. The fraction of sp³-hybridized carbons (Fsp3) is 0.500. The minimum Gasteiger partial charge on any atom is -0.378 e. The van der Waals surface area contributed by atoms with Gasteiger partial charge in [0.25, 0.3) is 5.91 Å². The van der Waals surface area contributed by atoms with Gasteiger partial charge in [0.2, 0.25) is 0 Å². The zero-order valence-corrected chi connectivity index (χ0v) is 18.8. The number of nitrogens with zero attached hydrogens (tertiary/aromatic N) is 3. The van der Waals surface area contributed by atoms with E-state index in [0.29, 0.717) is 6.04 Å². The van der Waals surface area contributed by atoms with E-state index in [0.717, 1.165) is 36.2 Å². The van der Waals surface area contributed by atoms with Crippen molar-refractivity contribution in [1.29, 1.82) is 0 Å². The third-order valence-corrected chi connectivity index (χ3v) is 7.60. The lowest BCUT2D eigenvalue weighted by atomic mass is 9.75. The molecule has 164 valence electrons. The highest BCUT2D eigenvalue weighted by molar-refractivity contribution is 5.94. The van der Waals surface area contributed by atoms with E-state index in [1.165, 1.54) is 50.1 Å². The van der Waals surface area contributed by atoms with Gasteiger partial charge in [-0.1, -0.05) is 18.2 Å². The summed E-state index contributed by atoms with van der Waals surface area (Å²) in [6.45, 7) is 5.44. The average molecular weight is 419 g/mol. The molecule has 4 atom stereocenters. The van der Waals surface area contributed by atoms with Gasteiger partial charge in [0.1, 0.15) is 0 Å². The largest absolute Gasteiger partial charge is 0.378 e. The van der Waals surface area contributed by atoms with E-state index in [-0.39, 0.29) is 5.91 Å². The van der Waals surface area contributed by atoms with E-state index in [4.69, 9.17) is 0 Å². The number of anilines is 2. The van der Waals surface area contributed by atoms with Crippen LogP contribution in [0.25, 0.3) is 0 Å². The Morgan fingerprint density at radius 3 is 2.65 bits per heavy atom. The van der Waals surface area contributed by atoms with Crippen LogP contribution in [0.1, 0.15) is 28.8 Å². The highest BCUT2D eigenvalue weighted by atomic mass is 16.1. The molecular formula is C26H34N4O. The van der Waals surface area contributed by atoms with Crippen LogP contribution in [0, 0.1) is 11.8 Å². The van der Waals surface area contributed by atoms with E-state index < -0.39 is 0 Å². The molecule has 4 heterocycles. The number of benzene rings is 2. The van der Waals surface area contributed by atoms with Crippen LogP contribution in [0.4, 0.5) is 11.4 Å². The second-order valence-corrected chi connectivity index (χ2v) is 9.67. The molecule has 1 amide bonds. The fourth-order valence-electron chi connectivity index (χ4n) is 5.77. The first-order chi connectivity index (χ1) is 15.1. The first kappa shape index (κ1) is 20.4. The first-order valence-electron chi connectivity index (χ1n) is 11.7. The summed E-state index contributed by atoms with van der Waals surface area (Å²) in [7, 11) is 4.02. The number of para-hydroxylation sites is 1. The van der Waals surface area contributed by atoms with E-state index in [1.54, 1.807) is 0 Å².